The van der Waals surface area contributed by atoms with E-state index < -0.39 is 0 Å². The Morgan fingerprint density at radius 3 is 1.53 bits per heavy atom. The second kappa shape index (κ2) is 5.50. The van der Waals surface area contributed by atoms with Crippen molar-refractivity contribution in [1.82, 2.24) is 3.98 Å². The van der Waals surface area contributed by atoms with Gasteiger partial charge in [-0.05, 0) is 10.8 Å². The molecule has 0 unspecified atom stereocenters. The molecule has 2 aromatic carbocycles. The van der Waals surface area contributed by atoms with Crippen LogP contribution in [0.3, 0.4) is 0 Å². The van der Waals surface area contributed by atoms with Crippen molar-refractivity contribution in [2.75, 3.05) is 0 Å². The molecule has 0 aliphatic rings. The van der Waals surface area contributed by atoms with Crippen molar-refractivity contribution in [2.45, 2.75) is 0 Å². The zero-order valence-electron chi connectivity index (χ0n) is 8.21. The molecule has 0 aliphatic heterocycles. The number of hydrogen-bond acceptors (Lipinski definition) is 1. The van der Waals surface area contributed by atoms with Gasteiger partial charge in [0, 0.05) is 0 Å². The van der Waals surface area contributed by atoms with Crippen LogP contribution in [0.5, 0.6) is 0 Å². The predicted molar refractivity (Wildman–Crippen MR) is 65.1 cm³/mol. The number of fused-ring (bicyclic) bond motifs is 1. The monoisotopic (exact) mass is 261 g/mol. The number of hydrogen-bond donors (Lipinski definition) is 0. The van der Waals surface area contributed by atoms with Crippen LogP contribution in [0.2, 0.25) is 0 Å². The summed E-state index contributed by atoms with van der Waals surface area (Å²) in [7, 11) is 0. The van der Waals surface area contributed by atoms with E-state index in [2.05, 4.69) is 57.5 Å². The summed E-state index contributed by atoms with van der Waals surface area (Å²) in [4.78, 5) is 2.08. The van der Waals surface area contributed by atoms with Crippen LogP contribution in [0.25, 0.3) is 10.8 Å². The molecular formula is C13H11NSe. The van der Waals surface area contributed by atoms with E-state index in [1.54, 1.807) is 0 Å². The molecule has 0 saturated carbocycles. The molecule has 1 nitrogen and oxygen atoms in total. The fourth-order valence-corrected chi connectivity index (χ4v) is 2.05. The molecule has 0 aliphatic carbocycles. The molecule has 3 aromatic rings. The molecule has 1 aromatic heterocycles. The van der Waals surface area contributed by atoms with Crippen LogP contribution in [0.1, 0.15) is 0 Å². The Bertz CT molecular complexity index is 420. The Balaban J connectivity index is 0.000000144. The molecule has 3 rings (SSSR count). The molecule has 0 N–H and O–H groups in total. The van der Waals surface area contributed by atoms with E-state index in [1.807, 2.05) is 12.3 Å². The Morgan fingerprint density at radius 2 is 1.27 bits per heavy atom. The van der Waals surface area contributed by atoms with Crippen LogP contribution in [-0.4, -0.2) is 18.7 Å². The molecule has 0 atom stereocenters. The minimum absolute atomic E-state index is 0.458. The molecule has 0 bridgehead atoms. The maximum absolute atomic E-state index is 3.91. The van der Waals surface area contributed by atoms with E-state index in [1.165, 1.54) is 10.8 Å². The molecule has 0 spiro atoms. The zero-order valence-corrected chi connectivity index (χ0v) is 9.92. The summed E-state index contributed by atoms with van der Waals surface area (Å²) in [6.45, 7) is 0. The first-order valence-electron chi connectivity index (χ1n) is 4.75. The molecule has 74 valence electrons. The van der Waals surface area contributed by atoms with Crippen molar-refractivity contribution in [2.24, 2.45) is 0 Å². The maximum atomic E-state index is 3.91. The Kier molecular flexibility index (Phi) is 3.72. The third kappa shape index (κ3) is 3.05. The summed E-state index contributed by atoms with van der Waals surface area (Å²) < 4.78 is 3.91. The van der Waals surface area contributed by atoms with E-state index in [-0.39, 0.29) is 0 Å². The average Bonchev–Trinajstić information content (AvgIpc) is 2.88. The van der Waals surface area contributed by atoms with E-state index in [4.69, 9.17) is 0 Å². The molecule has 2 heteroatoms. The van der Waals surface area contributed by atoms with Crippen LogP contribution < -0.4 is 0 Å². The Morgan fingerprint density at radius 1 is 0.733 bits per heavy atom. The van der Waals surface area contributed by atoms with E-state index in [0.29, 0.717) is 14.7 Å². The fraction of sp³-hybridized carbons (Fsp3) is 0. The van der Waals surface area contributed by atoms with Gasteiger partial charge < -0.3 is 0 Å². The predicted octanol–water partition coefficient (Wildman–Crippen LogP) is 2.98. The molecule has 0 saturated heterocycles. The van der Waals surface area contributed by atoms with Gasteiger partial charge in [0.05, 0.1) is 0 Å². The van der Waals surface area contributed by atoms with Crippen LogP contribution in [0.4, 0.5) is 0 Å². The SMILES string of the molecule is c1ccc2ccccc2c1.c1cn[se]c1. The van der Waals surface area contributed by atoms with Gasteiger partial charge in [0.2, 0.25) is 0 Å². The van der Waals surface area contributed by atoms with Crippen LogP contribution in [0.15, 0.2) is 65.7 Å². The summed E-state index contributed by atoms with van der Waals surface area (Å²) in [6, 6.07) is 18.7. The van der Waals surface area contributed by atoms with Gasteiger partial charge in [-0.25, -0.2) is 0 Å². The van der Waals surface area contributed by atoms with E-state index in [9.17, 15) is 0 Å². The summed E-state index contributed by atoms with van der Waals surface area (Å²) in [5, 5.41) is 2.62. The normalized spacial score (nSPS) is 9.33. The zero-order chi connectivity index (χ0) is 10.3. The first-order chi connectivity index (χ1) is 7.47. The summed E-state index contributed by atoms with van der Waals surface area (Å²) >= 11 is 0.458. The number of benzene rings is 2. The quantitative estimate of drug-likeness (QED) is 0.566. The van der Waals surface area contributed by atoms with E-state index >= 15 is 0 Å². The summed E-state index contributed by atoms with van der Waals surface area (Å²) in [5.41, 5.74) is 0. The number of rotatable bonds is 0. The number of aromatic nitrogens is 1. The van der Waals surface area contributed by atoms with Crippen molar-refractivity contribution in [3.05, 3.63) is 65.7 Å². The molecule has 15 heavy (non-hydrogen) atoms. The van der Waals surface area contributed by atoms with Crippen molar-refractivity contribution < 1.29 is 0 Å². The van der Waals surface area contributed by atoms with Crippen molar-refractivity contribution >= 4 is 25.5 Å². The van der Waals surface area contributed by atoms with Gasteiger partial charge in [0.25, 0.3) is 0 Å². The van der Waals surface area contributed by atoms with Crippen LogP contribution in [0, 0.1) is 0 Å². The second-order valence-electron chi connectivity index (χ2n) is 3.04. The topological polar surface area (TPSA) is 12.9 Å². The molecule has 0 fully saturated rings. The molecular weight excluding hydrogens is 249 g/mol. The second-order valence-corrected chi connectivity index (χ2v) is 4.49. The first-order valence-corrected chi connectivity index (χ1v) is 6.50. The van der Waals surface area contributed by atoms with Gasteiger partial charge in [-0.15, -0.1) is 0 Å². The van der Waals surface area contributed by atoms with Crippen LogP contribution >= 0.6 is 0 Å². The van der Waals surface area contributed by atoms with Gasteiger partial charge in [-0.1, -0.05) is 48.5 Å². The van der Waals surface area contributed by atoms with Gasteiger partial charge in [0.1, 0.15) is 0 Å². The molecule has 0 amide bonds. The number of nitrogens with zero attached hydrogens (tertiary/aromatic N) is 1. The molecule has 1 heterocycles. The van der Waals surface area contributed by atoms with E-state index in [0.717, 1.165) is 0 Å². The molecule has 0 radical (unpaired) electrons. The standard InChI is InChI=1S/C10H8.C3H3NSe/c1-2-6-10-8-4-3-7-9(10)5-1;1-2-4-5-3-1/h1-8H;1-3H. The van der Waals surface area contributed by atoms with Crippen molar-refractivity contribution in [3.8, 4) is 0 Å². The summed E-state index contributed by atoms with van der Waals surface area (Å²) in [5.74, 6) is 0. The van der Waals surface area contributed by atoms with Gasteiger partial charge >= 0.3 is 35.9 Å². The minimum atomic E-state index is 0.458. The fourth-order valence-electron chi connectivity index (χ4n) is 1.31. The third-order valence-corrected chi connectivity index (χ3v) is 3.10. The van der Waals surface area contributed by atoms with Gasteiger partial charge in [0.15, 0.2) is 0 Å². The Labute approximate surface area is 95.4 Å². The summed E-state index contributed by atoms with van der Waals surface area (Å²) in [6.07, 6.45) is 1.83. The average molecular weight is 260 g/mol. The third-order valence-electron chi connectivity index (χ3n) is 2.01. The Hall–Kier alpha value is -1.37. The van der Waals surface area contributed by atoms with Gasteiger partial charge in [-0.3, -0.25) is 0 Å². The van der Waals surface area contributed by atoms with Crippen molar-refractivity contribution in [1.29, 1.82) is 0 Å². The first kappa shape index (κ1) is 10.2. The van der Waals surface area contributed by atoms with Crippen molar-refractivity contribution in [3.63, 3.8) is 0 Å². The van der Waals surface area contributed by atoms with Crippen LogP contribution in [-0.2, 0) is 0 Å². The van der Waals surface area contributed by atoms with Gasteiger partial charge in [-0.2, -0.15) is 0 Å².